The molecule has 0 aliphatic heterocycles. The second kappa shape index (κ2) is 5.75. The number of aromatic nitrogens is 3. The van der Waals surface area contributed by atoms with Crippen molar-refractivity contribution in [3.63, 3.8) is 0 Å². The first-order valence-corrected chi connectivity index (χ1v) is 7.27. The molecule has 2 rings (SSSR count). The molecular formula is C12H12BrN3O2S. The highest BCUT2D eigenvalue weighted by Crippen LogP contribution is 2.27. The van der Waals surface area contributed by atoms with Crippen LogP contribution in [0.3, 0.4) is 0 Å². The lowest BCUT2D eigenvalue weighted by atomic mass is 10.2. The van der Waals surface area contributed by atoms with Crippen LogP contribution < -0.4 is 0 Å². The van der Waals surface area contributed by atoms with Gasteiger partial charge in [-0.2, -0.15) is 0 Å². The van der Waals surface area contributed by atoms with Crippen molar-refractivity contribution in [2.75, 3.05) is 0 Å². The van der Waals surface area contributed by atoms with E-state index in [1.807, 2.05) is 24.6 Å². The fourth-order valence-corrected chi connectivity index (χ4v) is 2.81. The van der Waals surface area contributed by atoms with Crippen molar-refractivity contribution in [2.45, 2.75) is 17.6 Å². The molecule has 1 heterocycles. The van der Waals surface area contributed by atoms with E-state index in [9.17, 15) is 4.79 Å². The van der Waals surface area contributed by atoms with Crippen LogP contribution in [0.25, 0.3) is 0 Å². The minimum Gasteiger partial charge on any atom is -0.478 e. The van der Waals surface area contributed by atoms with Crippen LogP contribution in [0, 0.1) is 6.92 Å². The van der Waals surface area contributed by atoms with Crippen LogP contribution >= 0.6 is 27.7 Å². The molecule has 0 aliphatic rings. The molecule has 0 spiro atoms. The zero-order valence-corrected chi connectivity index (χ0v) is 12.8. The van der Waals surface area contributed by atoms with Gasteiger partial charge >= 0.3 is 5.97 Å². The number of aryl methyl sites for hydroxylation is 1. The Bertz CT molecular complexity index is 627. The zero-order valence-electron chi connectivity index (χ0n) is 10.4. The lowest BCUT2D eigenvalue weighted by Gasteiger charge is -2.05. The standard InChI is InChI=1S/C12H12BrN3O2S/c1-7-14-15-11(16(7)2)6-19-8-3-4-10(13)9(5-8)12(17)18/h3-5H,6H2,1-2H3,(H,17,18). The van der Waals surface area contributed by atoms with Crippen LogP contribution in [0.1, 0.15) is 22.0 Å². The van der Waals surface area contributed by atoms with Gasteiger partial charge in [-0.3, -0.25) is 0 Å². The summed E-state index contributed by atoms with van der Waals surface area (Å²) in [6, 6.07) is 5.28. The van der Waals surface area contributed by atoms with E-state index in [0.29, 0.717) is 10.2 Å². The molecule has 0 radical (unpaired) electrons. The monoisotopic (exact) mass is 341 g/mol. The molecule has 19 heavy (non-hydrogen) atoms. The van der Waals surface area contributed by atoms with E-state index < -0.39 is 5.97 Å². The molecule has 0 fully saturated rings. The van der Waals surface area contributed by atoms with Gasteiger partial charge < -0.3 is 9.67 Å². The number of aromatic carboxylic acids is 1. The van der Waals surface area contributed by atoms with Gasteiger partial charge in [-0.05, 0) is 41.1 Å². The highest BCUT2D eigenvalue weighted by atomic mass is 79.9. The summed E-state index contributed by atoms with van der Waals surface area (Å²) in [6.07, 6.45) is 0. The molecule has 5 nitrogen and oxygen atoms in total. The van der Waals surface area contributed by atoms with Gasteiger partial charge in [0.15, 0.2) is 0 Å². The third kappa shape index (κ3) is 3.16. The zero-order chi connectivity index (χ0) is 14.0. The lowest BCUT2D eigenvalue weighted by Crippen LogP contribution is -1.99. The van der Waals surface area contributed by atoms with Crippen molar-refractivity contribution < 1.29 is 9.90 Å². The number of thioether (sulfide) groups is 1. The molecule has 7 heteroatoms. The first-order valence-electron chi connectivity index (χ1n) is 5.49. The Kier molecular flexibility index (Phi) is 4.26. The predicted molar refractivity (Wildman–Crippen MR) is 76.4 cm³/mol. The summed E-state index contributed by atoms with van der Waals surface area (Å²) >= 11 is 4.76. The van der Waals surface area contributed by atoms with E-state index in [1.165, 1.54) is 11.8 Å². The smallest absolute Gasteiger partial charge is 0.336 e. The summed E-state index contributed by atoms with van der Waals surface area (Å²) in [7, 11) is 1.91. The van der Waals surface area contributed by atoms with E-state index in [0.717, 1.165) is 16.5 Å². The van der Waals surface area contributed by atoms with E-state index in [2.05, 4.69) is 26.1 Å². The van der Waals surface area contributed by atoms with Gasteiger partial charge in [0.2, 0.25) is 0 Å². The number of carbonyl (C=O) groups is 1. The largest absolute Gasteiger partial charge is 0.478 e. The number of carboxylic acid groups (broad SMARTS) is 1. The first kappa shape index (κ1) is 14.1. The molecule has 0 atom stereocenters. The van der Waals surface area contributed by atoms with E-state index in [-0.39, 0.29) is 5.56 Å². The molecule has 2 aromatic rings. The van der Waals surface area contributed by atoms with Gasteiger partial charge in [0, 0.05) is 16.4 Å². The topological polar surface area (TPSA) is 68.0 Å². The maximum Gasteiger partial charge on any atom is 0.336 e. The predicted octanol–water partition coefficient (Wildman–Crippen LogP) is 2.88. The molecular weight excluding hydrogens is 330 g/mol. The quantitative estimate of drug-likeness (QED) is 0.866. The third-order valence-electron chi connectivity index (χ3n) is 2.72. The Morgan fingerprint density at radius 3 is 2.79 bits per heavy atom. The highest BCUT2D eigenvalue weighted by Gasteiger charge is 2.10. The number of rotatable bonds is 4. The molecule has 100 valence electrons. The van der Waals surface area contributed by atoms with Crippen molar-refractivity contribution in [3.8, 4) is 0 Å². The van der Waals surface area contributed by atoms with Gasteiger partial charge in [-0.1, -0.05) is 0 Å². The Balaban J connectivity index is 2.14. The Morgan fingerprint density at radius 2 is 2.21 bits per heavy atom. The normalized spacial score (nSPS) is 10.7. The third-order valence-corrected chi connectivity index (χ3v) is 4.40. The summed E-state index contributed by atoms with van der Waals surface area (Å²) in [4.78, 5) is 11.9. The molecule has 0 bridgehead atoms. The molecule has 0 saturated carbocycles. The van der Waals surface area contributed by atoms with Crippen LogP contribution in [-0.4, -0.2) is 25.8 Å². The average molecular weight is 342 g/mol. The molecule has 0 saturated heterocycles. The summed E-state index contributed by atoms with van der Waals surface area (Å²) in [6.45, 7) is 1.89. The summed E-state index contributed by atoms with van der Waals surface area (Å²) < 4.78 is 2.50. The Morgan fingerprint density at radius 1 is 1.47 bits per heavy atom. The van der Waals surface area contributed by atoms with Crippen LogP contribution in [0.2, 0.25) is 0 Å². The maximum atomic E-state index is 11.0. The number of nitrogens with zero attached hydrogens (tertiary/aromatic N) is 3. The van der Waals surface area contributed by atoms with Crippen molar-refractivity contribution >= 4 is 33.7 Å². The van der Waals surface area contributed by atoms with Crippen LogP contribution in [-0.2, 0) is 12.8 Å². The van der Waals surface area contributed by atoms with Gasteiger partial charge in [0.1, 0.15) is 11.6 Å². The molecule has 0 aliphatic carbocycles. The van der Waals surface area contributed by atoms with Gasteiger partial charge in [-0.25, -0.2) is 4.79 Å². The van der Waals surface area contributed by atoms with Crippen LogP contribution in [0.15, 0.2) is 27.6 Å². The minimum atomic E-state index is -0.941. The van der Waals surface area contributed by atoms with E-state index >= 15 is 0 Å². The van der Waals surface area contributed by atoms with Crippen molar-refractivity contribution in [2.24, 2.45) is 7.05 Å². The fraction of sp³-hybridized carbons (Fsp3) is 0.250. The molecule has 1 aromatic heterocycles. The second-order valence-corrected chi connectivity index (χ2v) is 5.86. The molecule has 1 aromatic carbocycles. The lowest BCUT2D eigenvalue weighted by molar-refractivity contribution is 0.0695. The number of carboxylic acids is 1. The highest BCUT2D eigenvalue weighted by molar-refractivity contribution is 9.10. The van der Waals surface area contributed by atoms with Crippen LogP contribution in [0.4, 0.5) is 0 Å². The number of hydrogen-bond donors (Lipinski definition) is 1. The van der Waals surface area contributed by atoms with E-state index in [4.69, 9.17) is 5.11 Å². The Labute approximate surface area is 123 Å². The maximum absolute atomic E-state index is 11.0. The molecule has 0 unspecified atom stereocenters. The SMILES string of the molecule is Cc1nnc(CSc2ccc(Br)c(C(=O)O)c2)n1C. The van der Waals surface area contributed by atoms with Crippen LogP contribution in [0.5, 0.6) is 0 Å². The number of hydrogen-bond acceptors (Lipinski definition) is 4. The van der Waals surface area contributed by atoms with E-state index in [1.54, 1.807) is 12.1 Å². The van der Waals surface area contributed by atoms with Crippen molar-refractivity contribution in [1.82, 2.24) is 14.8 Å². The minimum absolute atomic E-state index is 0.263. The summed E-state index contributed by atoms with van der Waals surface area (Å²) in [5.74, 6) is 1.43. The number of benzene rings is 1. The average Bonchev–Trinajstić information content (AvgIpc) is 2.69. The van der Waals surface area contributed by atoms with Crippen molar-refractivity contribution in [1.29, 1.82) is 0 Å². The van der Waals surface area contributed by atoms with Gasteiger partial charge in [0.05, 0.1) is 11.3 Å². The first-order chi connectivity index (χ1) is 8.99. The van der Waals surface area contributed by atoms with Gasteiger partial charge in [-0.15, -0.1) is 22.0 Å². The summed E-state index contributed by atoms with van der Waals surface area (Å²) in [5, 5.41) is 17.1. The molecule has 1 N–H and O–H groups in total. The summed E-state index contributed by atoms with van der Waals surface area (Å²) in [5.41, 5.74) is 0.263. The van der Waals surface area contributed by atoms with Gasteiger partial charge in [0.25, 0.3) is 0 Å². The second-order valence-electron chi connectivity index (χ2n) is 3.96. The fourth-order valence-electron chi connectivity index (χ4n) is 1.48. The molecule has 0 amide bonds. The Hall–Kier alpha value is -1.34. The number of halogens is 1. The van der Waals surface area contributed by atoms with Crippen molar-refractivity contribution in [3.05, 3.63) is 39.9 Å².